The molecule has 1 N–H and O–H groups in total. The van der Waals surface area contributed by atoms with Crippen molar-refractivity contribution in [2.45, 2.75) is 24.7 Å². The number of aromatic amines is 1. The Morgan fingerprint density at radius 3 is 2.81 bits per heavy atom. The van der Waals surface area contributed by atoms with Gasteiger partial charge in [0.05, 0.1) is 5.92 Å². The highest BCUT2D eigenvalue weighted by atomic mass is 32.1. The third kappa shape index (κ3) is 2.49. The first kappa shape index (κ1) is 13.0. The zero-order chi connectivity index (χ0) is 14.2. The van der Waals surface area contributed by atoms with E-state index in [-0.39, 0.29) is 11.5 Å². The minimum Gasteiger partial charge on any atom is -0.383 e. The topological polar surface area (TPSA) is 84.2 Å². The number of aromatic nitrogens is 3. The summed E-state index contributed by atoms with van der Waals surface area (Å²) in [6.07, 6.45) is 2.01. The molecule has 4 heterocycles. The van der Waals surface area contributed by atoms with Crippen molar-refractivity contribution >= 4 is 16.7 Å². The first-order valence-corrected chi connectivity index (χ1v) is 7.91. The summed E-state index contributed by atoms with van der Waals surface area (Å²) in [5, 5.41) is 3.30. The summed E-state index contributed by atoms with van der Waals surface area (Å²) in [5.74, 6) is 2.38. The third-order valence-electron chi connectivity index (χ3n) is 4.11. The molecular formula is C13H16N4O3S. The molecule has 0 spiro atoms. The molecule has 0 atom stereocenters. The third-order valence-corrected chi connectivity index (χ3v) is 4.91. The van der Waals surface area contributed by atoms with Gasteiger partial charge in [-0.1, -0.05) is 0 Å². The molecule has 21 heavy (non-hydrogen) atoms. The predicted molar refractivity (Wildman–Crippen MR) is 77.0 cm³/mol. The van der Waals surface area contributed by atoms with Gasteiger partial charge in [0, 0.05) is 49.8 Å². The zero-order valence-electron chi connectivity index (χ0n) is 11.4. The number of nitrogens with zero attached hydrogens (tertiary/aromatic N) is 3. The summed E-state index contributed by atoms with van der Waals surface area (Å²) >= 11 is 1.45. The van der Waals surface area contributed by atoms with Gasteiger partial charge in [0.15, 0.2) is 0 Å². The van der Waals surface area contributed by atoms with Crippen molar-refractivity contribution in [3.63, 3.8) is 0 Å². The van der Waals surface area contributed by atoms with Gasteiger partial charge in [-0.15, -0.1) is 0 Å². The number of nitrogens with one attached hydrogen (secondary N) is 1. The monoisotopic (exact) mass is 308 g/mol. The molecule has 0 amide bonds. The smallest absolute Gasteiger partial charge is 0.280 e. The van der Waals surface area contributed by atoms with E-state index >= 15 is 0 Å². The summed E-state index contributed by atoms with van der Waals surface area (Å²) in [4.78, 5) is 17.9. The zero-order valence-corrected chi connectivity index (χ0v) is 12.3. The van der Waals surface area contributed by atoms with E-state index < -0.39 is 0 Å². The fraction of sp³-hybridized carbons (Fsp3) is 0.615. The molecule has 0 bridgehead atoms. The second-order valence-electron chi connectivity index (χ2n) is 5.54. The molecule has 2 saturated heterocycles. The summed E-state index contributed by atoms with van der Waals surface area (Å²) < 4.78 is 15.0. The molecule has 0 unspecified atom stereocenters. The van der Waals surface area contributed by atoms with Crippen LogP contribution in [0.5, 0.6) is 0 Å². The van der Waals surface area contributed by atoms with Crippen molar-refractivity contribution in [3.8, 4) is 0 Å². The molecule has 4 rings (SSSR count). The van der Waals surface area contributed by atoms with Crippen molar-refractivity contribution in [2.75, 3.05) is 31.2 Å². The molecule has 0 aliphatic carbocycles. The van der Waals surface area contributed by atoms with E-state index in [4.69, 9.17) is 9.26 Å². The van der Waals surface area contributed by atoms with Gasteiger partial charge >= 0.3 is 0 Å². The van der Waals surface area contributed by atoms with Crippen molar-refractivity contribution in [3.05, 3.63) is 28.0 Å². The van der Waals surface area contributed by atoms with Crippen LogP contribution in [-0.4, -0.2) is 40.8 Å². The highest BCUT2D eigenvalue weighted by molar-refractivity contribution is 7.09. The lowest BCUT2D eigenvalue weighted by Gasteiger charge is -2.37. The average Bonchev–Trinajstić information content (AvgIpc) is 3.08. The lowest BCUT2D eigenvalue weighted by Crippen LogP contribution is -2.44. The Kier molecular flexibility index (Phi) is 3.27. The van der Waals surface area contributed by atoms with Gasteiger partial charge in [0.1, 0.15) is 11.6 Å². The van der Waals surface area contributed by atoms with Crippen molar-refractivity contribution in [1.82, 2.24) is 14.5 Å². The van der Waals surface area contributed by atoms with Gasteiger partial charge in [-0.25, -0.2) is 4.98 Å². The maximum absolute atomic E-state index is 11.1. The Hall–Kier alpha value is -1.67. The van der Waals surface area contributed by atoms with Crippen LogP contribution in [0.1, 0.15) is 36.3 Å². The van der Waals surface area contributed by atoms with E-state index in [0.29, 0.717) is 5.92 Å². The van der Waals surface area contributed by atoms with E-state index in [1.165, 1.54) is 17.6 Å². The molecule has 0 saturated carbocycles. The highest BCUT2D eigenvalue weighted by Gasteiger charge is 2.33. The lowest BCUT2D eigenvalue weighted by molar-refractivity contribution is 0.0838. The summed E-state index contributed by atoms with van der Waals surface area (Å²) in [7, 11) is 0. The largest absolute Gasteiger partial charge is 0.383 e. The summed E-state index contributed by atoms with van der Waals surface area (Å²) in [6, 6.07) is 1.52. The first-order chi connectivity index (χ1) is 10.3. The molecule has 0 aromatic carbocycles. The molecular weight excluding hydrogens is 292 g/mol. The molecule has 2 aliphatic rings. The van der Waals surface area contributed by atoms with Crippen molar-refractivity contribution < 1.29 is 9.26 Å². The summed E-state index contributed by atoms with van der Waals surface area (Å²) in [5.41, 5.74) is -0.179. The van der Waals surface area contributed by atoms with Gasteiger partial charge in [-0.2, -0.15) is 9.53 Å². The second kappa shape index (κ2) is 5.27. The van der Waals surface area contributed by atoms with Crippen LogP contribution >= 0.6 is 11.5 Å². The minimum atomic E-state index is -0.179. The van der Waals surface area contributed by atoms with Crippen molar-refractivity contribution in [1.29, 1.82) is 0 Å². The van der Waals surface area contributed by atoms with E-state index in [1.807, 2.05) is 0 Å². The normalized spacial score (nSPS) is 20.7. The molecule has 2 aliphatic heterocycles. The van der Waals surface area contributed by atoms with Crippen LogP contribution in [0.3, 0.4) is 0 Å². The number of hydrogen-bond donors (Lipinski definition) is 1. The van der Waals surface area contributed by atoms with Gasteiger partial charge < -0.3 is 14.2 Å². The summed E-state index contributed by atoms with van der Waals surface area (Å²) in [6.45, 7) is 3.25. The molecule has 112 valence electrons. The van der Waals surface area contributed by atoms with Gasteiger partial charge in [-0.3, -0.25) is 4.79 Å². The quantitative estimate of drug-likeness (QED) is 0.920. The van der Waals surface area contributed by atoms with E-state index in [9.17, 15) is 4.79 Å². The molecule has 2 aromatic heterocycles. The van der Waals surface area contributed by atoms with Crippen molar-refractivity contribution in [2.24, 2.45) is 0 Å². The number of rotatable bonds is 3. The Morgan fingerprint density at radius 1 is 1.29 bits per heavy atom. The van der Waals surface area contributed by atoms with E-state index in [0.717, 1.165) is 55.9 Å². The van der Waals surface area contributed by atoms with Gasteiger partial charge in [0.2, 0.25) is 5.13 Å². The maximum atomic E-state index is 11.1. The number of ether oxygens (including phenoxy) is 1. The number of H-pyrrole nitrogens is 1. The lowest BCUT2D eigenvalue weighted by atomic mass is 9.98. The Bertz CT molecular complexity index is 667. The number of hydrogen-bond acceptors (Lipinski definition) is 7. The van der Waals surface area contributed by atoms with Crippen LogP contribution in [0, 0.1) is 0 Å². The molecule has 7 nitrogen and oxygen atoms in total. The molecule has 0 radical (unpaired) electrons. The maximum Gasteiger partial charge on any atom is 0.280 e. The van der Waals surface area contributed by atoms with Crippen LogP contribution in [-0.2, 0) is 4.74 Å². The van der Waals surface area contributed by atoms with Crippen LogP contribution < -0.4 is 10.5 Å². The van der Waals surface area contributed by atoms with Gasteiger partial charge in [-0.05, 0) is 12.8 Å². The Balaban J connectivity index is 1.40. The fourth-order valence-corrected chi connectivity index (χ4v) is 3.55. The van der Waals surface area contributed by atoms with E-state index in [1.54, 1.807) is 0 Å². The highest BCUT2D eigenvalue weighted by Crippen LogP contribution is 2.34. The fourth-order valence-electron chi connectivity index (χ4n) is 2.79. The molecule has 2 aromatic rings. The van der Waals surface area contributed by atoms with E-state index in [2.05, 4.69) is 19.4 Å². The van der Waals surface area contributed by atoms with Crippen LogP contribution in [0.4, 0.5) is 5.13 Å². The van der Waals surface area contributed by atoms with Gasteiger partial charge in [0.25, 0.3) is 5.56 Å². The SMILES string of the molecule is O=c1cc(C2CN(c3nc(C4CCOCC4)ns3)C2)o[nH]1. The van der Waals surface area contributed by atoms with Crippen LogP contribution in [0.2, 0.25) is 0 Å². The standard InChI is InChI=1S/C13H16N4O3S/c18-11-5-10(20-15-11)9-6-17(7-9)13-14-12(16-21-13)8-1-3-19-4-2-8/h5,8-9H,1-4,6-7H2,(H,15,18). The minimum absolute atomic E-state index is 0.179. The average molecular weight is 308 g/mol. The molecule has 8 heteroatoms. The Morgan fingerprint density at radius 2 is 2.10 bits per heavy atom. The second-order valence-corrected chi connectivity index (χ2v) is 6.27. The van der Waals surface area contributed by atoms with Crippen LogP contribution in [0.15, 0.2) is 15.4 Å². The Labute approximate surface area is 125 Å². The molecule has 2 fully saturated rings. The first-order valence-electron chi connectivity index (χ1n) is 7.14. The predicted octanol–water partition coefficient (Wildman–Crippen LogP) is 1.32. The number of anilines is 1. The van der Waals surface area contributed by atoms with Crippen LogP contribution in [0.25, 0.3) is 0 Å².